The first-order valence-corrected chi connectivity index (χ1v) is 10.8. The van der Waals surface area contributed by atoms with Crippen molar-refractivity contribution in [1.29, 1.82) is 0 Å². The Morgan fingerprint density at radius 2 is 1.17 bits per heavy atom. The SMILES string of the molecule is Cc1ccc(C=C[Si](Cl)(c2ccccc2)c2ccccc2)cc1. The fourth-order valence-corrected chi connectivity index (χ4v) is 6.05. The molecule has 0 fully saturated rings. The van der Waals surface area contributed by atoms with Gasteiger partial charge in [-0.3, -0.25) is 0 Å². The Kier molecular flexibility index (Phi) is 4.80. The van der Waals surface area contributed by atoms with Crippen LogP contribution in [0.15, 0.2) is 90.6 Å². The Balaban J connectivity index is 2.04. The van der Waals surface area contributed by atoms with Crippen LogP contribution >= 0.6 is 11.1 Å². The van der Waals surface area contributed by atoms with Crippen molar-refractivity contribution < 1.29 is 0 Å². The summed E-state index contributed by atoms with van der Waals surface area (Å²) in [6, 6.07) is 29.3. The summed E-state index contributed by atoms with van der Waals surface area (Å²) in [7, 11) is -2.41. The van der Waals surface area contributed by atoms with E-state index in [0.717, 1.165) is 0 Å². The summed E-state index contributed by atoms with van der Waals surface area (Å²) in [5.74, 6) is 0. The zero-order chi connectivity index (χ0) is 16.1. The normalized spacial score (nSPS) is 11.7. The van der Waals surface area contributed by atoms with E-state index >= 15 is 0 Å². The lowest BCUT2D eigenvalue weighted by Gasteiger charge is -2.22. The molecule has 0 nitrogen and oxygen atoms in total. The molecule has 0 spiro atoms. The molecule has 0 aliphatic rings. The van der Waals surface area contributed by atoms with Crippen molar-refractivity contribution in [2.24, 2.45) is 0 Å². The lowest BCUT2D eigenvalue weighted by Crippen LogP contribution is -2.52. The minimum atomic E-state index is -2.41. The number of hydrogen-bond acceptors (Lipinski definition) is 0. The molecule has 3 rings (SSSR count). The molecule has 3 aromatic rings. The van der Waals surface area contributed by atoms with Crippen molar-refractivity contribution in [3.05, 3.63) is 102 Å². The molecular formula is C21H19ClSi. The average molecular weight is 335 g/mol. The summed E-state index contributed by atoms with van der Waals surface area (Å²) in [4.78, 5) is 0. The van der Waals surface area contributed by atoms with E-state index in [4.69, 9.17) is 11.1 Å². The first kappa shape index (κ1) is 15.8. The van der Waals surface area contributed by atoms with E-state index in [9.17, 15) is 0 Å². The molecule has 0 aromatic heterocycles. The third kappa shape index (κ3) is 3.63. The lowest BCUT2D eigenvalue weighted by molar-refractivity contribution is 1.46. The number of aryl methyl sites for hydroxylation is 1. The molecule has 114 valence electrons. The van der Waals surface area contributed by atoms with Crippen molar-refractivity contribution in [1.82, 2.24) is 0 Å². The van der Waals surface area contributed by atoms with Gasteiger partial charge in [-0.1, -0.05) is 102 Å². The summed E-state index contributed by atoms with van der Waals surface area (Å²) in [6.45, 7) is 2.10. The fraction of sp³-hybridized carbons (Fsp3) is 0.0476. The number of rotatable bonds is 4. The van der Waals surface area contributed by atoms with E-state index in [2.05, 4.69) is 91.5 Å². The first-order valence-electron chi connectivity index (χ1n) is 7.74. The molecule has 2 heteroatoms. The molecule has 0 saturated carbocycles. The van der Waals surface area contributed by atoms with E-state index in [1.54, 1.807) is 0 Å². The Morgan fingerprint density at radius 3 is 1.65 bits per heavy atom. The lowest BCUT2D eigenvalue weighted by atomic mass is 10.2. The van der Waals surface area contributed by atoms with E-state index in [0.29, 0.717) is 0 Å². The zero-order valence-corrected chi connectivity index (χ0v) is 14.9. The Hall–Kier alpha value is -2.09. The van der Waals surface area contributed by atoms with Crippen LogP contribution in [-0.2, 0) is 0 Å². The number of halogens is 1. The van der Waals surface area contributed by atoms with E-state index in [-0.39, 0.29) is 0 Å². The summed E-state index contributed by atoms with van der Waals surface area (Å²) in [6.07, 6.45) is 2.15. The Bertz CT molecular complexity index is 738. The van der Waals surface area contributed by atoms with Gasteiger partial charge in [-0.15, -0.1) is 11.1 Å². The smallest absolute Gasteiger partial charge is 0.149 e. The van der Waals surface area contributed by atoms with Gasteiger partial charge in [-0.2, -0.15) is 0 Å². The van der Waals surface area contributed by atoms with Crippen LogP contribution < -0.4 is 10.4 Å². The largest absolute Gasteiger partial charge is 0.240 e. The van der Waals surface area contributed by atoms with Gasteiger partial charge in [0.1, 0.15) is 0 Å². The molecule has 3 aromatic carbocycles. The number of benzene rings is 3. The van der Waals surface area contributed by atoms with Crippen LogP contribution in [0.4, 0.5) is 0 Å². The van der Waals surface area contributed by atoms with Gasteiger partial charge in [0, 0.05) is 0 Å². The second kappa shape index (κ2) is 6.99. The third-order valence-electron chi connectivity index (χ3n) is 3.97. The second-order valence-corrected chi connectivity index (χ2v) is 10.4. The second-order valence-electron chi connectivity index (χ2n) is 5.69. The van der Waals surface area contributed by atoms with Crippen LogP contribution in [0.2, 0.25) is 0 Å². The molecule has 0 amide bonds. The van der Waals surface area contributed by atoms with Crippen molar-refractivity contribution in [2.45, 2.75) is 6.92 Å². The standard InChI is InChI=1S/C21H19ClSi/c1-18-12-14-19(15-13-18)16-17-23(22,20-8-4-2-5-9-20)21-10-6-3-7-11-21/h2-17H,1H3. The molecule has 0 unspecified atom stereocenters. The Morgan fingerprint density at radius 1 is 0.696 bits per heavy atom. The maximum absolute atomic E-state index is 7.22. The van der Waals surface area contributed by atoms with Gasteiger partial charge in [-0.05, 0) is 22.9 Å². The van der Waals surface area contributed by atoms with Crippen LogP contribution in [0.5, 0.6) is 0 Å². The maximum atomic E-state index is 7.22. The topological polar surface area (TPSA) is 0 Å². The predicted molar refractivity (Wildman–Crippen MR) is 104 cm³/mol. The minimum Gasteiger partial charge on any atom is -0.149 e. The first-order chi connectivity index (χ1) is 11.2. The van der Waals surface area contributed by atoms with Gasteiger partial charge in [0.25, 0.3) is 0 Å². The van der Waals surface area contributed by atoms with Crippen molar-refractivity contribution in [3.63, 3.8) is 0 Å². The molecule has 0 saturated heterocycles. The van der Waals surface area contributed by atoms with Crippen molar-refractivity contribution in [2.75, 3.05) is 0 Å². The number of hydrogen-bond donors (Lipinski definition) is 0. The van der Waals surface area contributed by atoms with Gasteiger partial charge in [0.15, 0.2) is 0 Å². The molecule has 0 bridgehead atoms. The summed E-state index contributed by atoms with van der Waals surface area (Å²) in [5.41, 5.74) is 4.66. The predicted octanol–water partition coefficient (Wildman–Crippen LogP) is 4.55. The molecular weight excluding hydrogens is 316 g/mol. The summed E-state index contributed by atoms with van der Waals surface area (Å²) in [5, 5.41) is 2.41. The molecule has 0 radical (unpaired) electrons. The van der Waals surface area contributed by atoms with Gasteiger partial charge in [0.05, 0.1) is 0 Å². The summed E-state index contributed by atoms with van der Waals surface area (Å²) >= 11 is 7.22. The van der Waals surface area contributed by atoms with Gasteiger partial charge < -0.3 is 0 Å². The minimum absolute atomic E-state index is 1.18. The molecule has 23 heavy (non-hydrogen) atoms. The maximum Gasteiger partial charge on any atom is 0.240 e. The molecule has 0 N–H and O–H groups in total. The highest BCUT2D eigenvalue weighted by atomic mass is 35.6. The van der Waals surface area contributed by atoms with Gasteiger partial charge >= 0.3 is 0 Å². The van der Waals surface area contributed by atoms with Crippen LogP contribution in [0.1, 0.15) is 11.1 Å². The highest BCUT2D eigenvalue weighted by molar-refractivity contribution is 7.36. The van der Waals surface area contributed by atoms with Crippen LogP contribution in [0.25, 0.3) is 6.08 Å². The van der Waals surface area contributed by atoms with Crippen LogP contribution in [-0.4, -0.2) is 7.38 Å². The highest BCUT2D eigenvalue weighted by Gasteiger charge is 2.32. The van der Waals surface area contributed by atoms with Crippen molar-refractivity contribution >= 4 is 34.9 Å². The molecule has 0 heterocycles. The van der Waals surface area contributed by atoms with E-state index in [1.807, 2.05) is 12.1 Å². The molecule has 0 aliphatic carbocycles. The zero-order valence-electron chi connectivity index (χ0n) is 13.1. The van der Waals surface area contributed by atoms with Gasteiger partial charge in [-0.25, -0.2) is 0 Å². The van der Waals surface area contributed by atoms with Crippen LogP contribution in [0.3, 0.4) is 0 Å². The quantitative estimate of drug-likeness (QED) is 0.485. The fourth-order valence-electron chi connectivity index (χ4n) is 2.61. The van der Waals surface area contributed by atoms with Crippen molar-refractivity contribution in [3.8, 4) is 0 Å². The monoisotopic (exact) mass is 334 g/mol. The van der Waals surface area contributed by atoms with Crippen LogP contribution in [0, 0.1) is 6.92 Å². The molecule has 0 atom stereocenters. The van der Waals surface area contributed by atoms with Gasteiger partial charge in [0.2, 0.25) is 7.38 Å². The third-order valence-corrected chi connectivity index (χ3v) is 8.63. The molecule has 0 aliphatic heterocycles. The highest BCUT2D eigenvalue weighted by Crippen LogP contribution is 2.15. The van der Waals surface area contributed by atoms with E-state index < -0.39 is 7.38 Å². The average Bonchev–Trinajstić information content (AvgIpc) is 2.62. The summed E-state index contributed by atoms with van der Waals surface area (Å²) < 4.78 is 0. The Labute approximate surface area is 143 Å². The van der Waals surface area contributed by atoms with E-state index in [1.165, 1.54) is 21.5 Å².